The van der Waals surface area contributed by atoms with Crippen LogP contribution < -0.4 is 10.2 Å². The molecule has 25 heavy (non-hydrogen) atoms. The van der Waals surface area contributed by atoms with E-state index in [0.29, 0.717) is 11.3 Å². The first-order valence-corrected chi connectivity index (χ1v) is 9.49. The minimum absolute atomic E-state index is 0.0400. The molecular formula is C19H27N3O3. The predicted molar refractivity (Wildman–Crippen MR) is 98.1 cm³/mol. The van der Waals surface area contributed by atoms with Crippen molar-refractivity contribution in [2.45, 2.75) is 63.8 Å². The van der Waals surface area contributed by atoms with Gasteiger partial charge in [-0.2, -0.15) is 0 Å². The first-order valence-electron chi connectivity index (χ1n) is 9.49. The van der Waals surface area contributed by atoms with Crippen molar-refractivity contribution in [1.82, 2.24) is 5.32 Å². The average Bonchev–Trinajstić information content (AvgIpc) is 2.91. The number of hydrogen-bond donors (Lipinski definition) is 1. The van der Waals surface area contributed by atoms with Gasteiger partial charge in [-0.3, -0.25) is 14.9 Å². The molecule has 1 heterocycles. The molecule has 6 nitrogen and oxygen atoms in total. The highest BCUT2D eigenvalue weighted by molar-refractivity contribution is 5.96. The Bertz CT molecular complexity index is 618. The molecule has 0 atom stereocenters. The van der Waals surface area contributed by atoms with Crippen molar-refractivity contribution in [3.05, 3.63) is 33.9 Å². The minimum atomic E-state index is -0.363. The fourth-order valence-electron chi connectivity index (χ4n) is 3.91. The maximum Gasteiger partial charge on any atom is 0.293 e. The lowest BCUT2D eigenvalue weighted by molar-refractivity contribution is -0.384. The van der Waals surface area contributed by atoms with Crippen LogP contribution in [0.4, 0.5) is 11.4 Å². The molecule has 1 aliphatic heterocycles. The molecule has 2 fully saturated rings. The number of benzene rings is 1. The smallest absolute Gasteiger partial charge is 0.293 e. The van der Waals surface area contributed by atoms with Gasteiger partial charge in [0.1, 0.15) is 5.69 Å². The monoisotopic (exact) mass is 345 g/mol. The Balaban J connectivity index is 1.78. The molecule has 0 unspecified atom stereocenters. The Hall–Kier alpha value is -2.11. The van der Waals surface area contributed by atoms with E-state index in [1.165, 1.54) is 25.3 Å². The first-order chi connectivity index (χ1) is 12.1. The van der Waals surface area contributed by atoms with Crippen molar-refractivity contribution in [2.75, 3.05) is 18.0 Å². The van der Waals surface area contributed by atoms with E-state index in [9.17, 15) is 14.9 Å². The van der Waals surface area contributed by atoms with Crippen LogP contribution in [0.2, 0.25) is 0 Å². The number of nitro groups is 1. The number of nitrogens with one attached hydrogen (secondary N) is 1. The molecular weight excluding hydrogens is 318 g/mol. The SMILES string of the molecule is O=C(NC1CCCCC1)c1ccc(N2CCCCCC2)c([N+](=O)[O-])c1. The second-order valence-corrected chi connectivity index (χ2v) is 7.17. The van der Waals surface area contributed by atoms with E-state index < -0.39 is 0 Å². The zero-order chi connectivity index (χ0) is 17.6. The van der Waals surface area contributed by atoms with Crippen molar-refractivity contribution in [3.63, 3.8) is 0 Å². The number of rotatable bonds is 4. The molecule has 2 aliphatic rings. The molecule has 0 aromatic heterocycles. The number of anilines is 1. The topological polar surface area (TPSA) is 75.5 Å². The molecule has 136 valence electrons. The van der Waals surface area contributed by atoms with Crippen LogP contribution in [-0.2, 0) is 0 Å². The molecule has 1 saturated carbocycles. The fourth-order valence-corrected chi connectivity index (χ4v) is 3.91. The predicted octanol–water partition coefficient (Wildman–Crippen LogP) is 4.04. The highest BCUT2D eigenvalue weighted by atomic mass is 16.6. The van der Waals surface area contributed by atoms with Crippen LogP contribution in [-0.4, -0.2) is 30.0 Å². The van der Waals surface area contributed by atoms with Crippen LogP contribution in [0.1, 0.15) is 68.1 Å². The van der Waals surface area contributed by atoms with E-state index in [0.717, 1.165) is 51.6 Å². The number of nitrogens with zero attached hydrogens (tertiary/aromatic N) is 2. The van der Waals surface area contributed by atoms with Gasteiger partial charge in [0.15, 0.2) is 0 Å². The quantitative estimate of drug-likeness (QED) is 0.660. The summed E-state index contributed by atoms with van der Waals surface area (Å²) in [5, 5.41) is 14.6. The summed E-state index contributed by atoms with van der Waals surface area (Å²) in [5.41, 5.74) is 1.06. The van der Waals surface area contributed by atoms with Crippen LogP contribution in [0.3, 0.4) is 0 Å². The summed E-state index contributed by atoms with van der Waals surface area (Å²) in [6.45, 7) is 1.68. The lowest BCUT2D eigenvalue weighted by Gasteiger charge is -2.24. The van der Waals surface area contributed by atoms with E-state index in [1.54, 1.807) is 12.1 Å². The number of carbonyl (C=O) groups excluding carboxylic acids is 1. The molecule has 0 bridgehead atoms. The van der Waals surface area contributed by atoms with Crippen LogP contribution >= 0.6 is 0 Å². The van der Waals surface area contributed by atoms with Crippen LogP contribution in [0.15, 0.2) is 18.2 Å². The third-order valence-electron chi connectivity index (χ3n) is 5.32. The number of carbonyl (C=O) groups is 1. The lowest BCUT2D eigenvalue weighted by atomic mass is 9.95. The molecule has 1 saturated heterocycles. The molecule has 0 radical (unpaired) electrons. The molecule has 1 N–H and O–H groups in total. The van der Waals surface area contributed by atoms with Crippen molar-refractivity contribution in [3.8, 4) is 0 Å². The summed E-state index contributed by atoms with van der Waals surface area (Å²) >= 11 is 0. The molecule has 3 rings (SSSR count). The van der Waals surface area contributed by atoms with Crippen molar-refractivity contribution < 1.29 is 9.72 Å². The zero-order valence-electron chi connectivity index (χ0n) is 14.7. The van der Waals surface area contributed by atoms with Crippen molar-refractivity contribution in [2.24, 2.45) is 0 Å². The molecule has 1 aromatic carbocycles. The highest BCUT2D eigenvalue weighted by Crippen LogP contribution is 2.31. The number of amides is 1. The Labute approximate surface area is 148 Å². The Kier molecular flexibility index (Phi) is 5.89. The van der Waals surface area contributed by atoms with Crippen LogP contribution in [0.25, 0.3) is 0 Å². The summed E-state index contributed by atoms with van der Waals surface area (Å²) in [4.78, 5) is 25.8. The van der Waals surface area contributed by atoms with Crippen LogP contribution in [0, 0.1) is 10.1 Å². The van der Waals surface area contributed by atoms with Gasteiger partial charge < -0.3 is 10.2 Å². The molecule has 0 spiro atoms. The maximum atomic E-state index is 12.5. The number of nitro benzene ring substituents is 1. The third kappa shape index (κ3) is 4.50. The molecule has 6 heteroatoms. The second kappa shape index (κ2) is 8.32. The molecule has 1 aliphatic carbocycles. The first kappa shape index (κ1) is 17.7. The van der Waals surface area contributed by atoms with Gasteiger partial charge in [0, 0.05) is 30.8 Å². The standard InChI is InChI=1S/C19H27N3O3/c23-19(20-16-8-4-3-5-9-16)15-10-11-17(18(14-15)22(24)25)21-12-6-1-2-7-13-21/h10-11,14,16H,1-9,12-13H2,(H,20,23). The Morgan fingerprint density at radius 1 is 1.04 bits per heavy atom. The second-order valence-electron chi connectivity index (χ2n) is 7.17. The maximum absolute atomic E-state index is 12.5. The van der Waals surface area contributed by atoms with Gasteiger partial charge in [0.25, 0.3) is 11.6 Å². The molecule has 1 amide bonds. The third-order valence-corrected chi connectivity index (χ3v) is 5.32. The van der Waals surface area contributed by atoms with Gasteiger partial charge >= 0.3 is 0 Å². The van der Waals surface area contributed by atoms with Crippen molar-refractivity contribution in [1.29, 1.82) is 0 Å². The summed E-state index contributed by atoms with van der Waals surface area (Å²) in [6, 6.07) is 5.12. The van der Waals surface area contributed by atoms with E-state index in [1.807, 2.05) is 0 Å². The highest BCUT2D eigenvalue weighted by Gasteiger charge is 2.24. The lowest BCUT2D eigenvalue weighted by Crippen LogP contribution is -2.36. The average molecular weight is 345 g/mol. The van der Waals surface area contributed by atoms with Crippen LogP contribution in [0.5, 0.6) is 0 Å². The Morgan fingerprint density at radius 3 is 2.32 bits per heavy atom. The van der Waals surface area contributed by atoms with Gasteiger partial charge in [-0.1, -0.05) is 32.1 Å². The number of hydrogen-bond acceptors (Lipinski definition) is 4. The van der Waals surface area contributed by atoms with E-state index in [2.05, 4.69) is 10.2 Å². The summed E-state index contributed by atoms with van der Waals surface area (Å²) in [7, 11) is 0. The summed E-state index contributed by atoms with van der Waals surface area (Å²) in [5.74, 6) is -0.197. The van der Waals surface area contributed by atoms with E-state index in [4.69, 9.17) is 0 Å². The fraction of sp³-hybridized carbons (Fsp3) is 0.632. The normalized spacial score (nSPS) is 19.3. The van der Waals surface area contributed by atoms with Gasteiger partial charge in [0.2, 0.25) is 0 Å². The van der Waals surface area contributed by atoms with Gasteiger partial charge in [-0.05, 0) is 37.8 Å². The largest absolute Gasteiger partial charge is 0.366 e. The van der Waals surface area contributed by atoms with Gasteiger partial charge in [-0.15, -0.1) is 0 Å². The summed E-state index contributed by atoms with van der Waals surface area (Å²) in [6.07, 6.45) is 9.96. The summed E-state index contributed by atoms with van der Waals surface area (Å²) < 4.78 is 0. The molecule has 1 aromatic rings. The zero-order valence-corrected chi connectivity index (χ0v) is 14.7. The van der Waals surface area contributed by atoms with E-state index >= 15 is 0 Å². The van der Waals surface area contributed by atoms with E-state index in [-0.39, 0.29) is 22.6 Å². The van der Waals surface area contributed by atoms with Crippen molar-refractivity contribution >= 4 is 17.3 Å². The van der Waals surface area contributed by atoms with Gasteiger partial charge in [-0.25, -0.2) is 0 Å². The minimum Gasteiger partial charge on any atom is -0.366 e. The van der Waals surface area contributed by atoms with Gasteiger partial charge in [0.05, 0.1) is 4.92 Å². The Morgan fingerprint density at radius 2 is 1.68 bits per heavy atom.